The Hall–Kier alpha value is -2.19. The highest BCUT2D eigenvalue weighted by Gasteiger charge is 2.28. The highest BCUT2D eigenvalue weighted by atomic mass is 16.6. The van der Waals surface area contributed by atoms with E-state index in [0.29, 0.717) is 24.7 Å². The predicted molar refractivity (Wildman–Crippen MR) is 88.4 cm³/mol. The average Bonchev–Trinajstić information content (AvgIpc) is 3.15. The zero-order chi connectivity index (χ0) is 17.1. The summed E-state index contributed by atoms with van der Waals surface area (Å²) >= 11 is 0. The largest absolute Gasteiger partial charge is 0.490 e. The summed E-state index contributed by atoms with van der Waals surface area (Å²) < 4.78 is 5.04. The Balaban J connectivity index is 1.65. The molecule has 1 aromatic rings. The summed E-state index contributed by atoms with van der Waals surface area (Å²) in [5.74, 6) is 0.00825. The van der Waals surface area contributed by atoms with E-state index in [-0.39, 0.29) is 17.3 Å². The fraction of sp³-hybridized carbons (Fsp3) is 0.562. The lowest BCUT2D eigenvalue weighted by atomic mass is 10.1. The van der Waals surface area contributed by atoms with E-state index >= 15 is 0 Å². The second kappa shape index (κ2) is 7.14. The van der Waals surface area contributed by atoms with Crippen LogP contribution in [0.3, 0.4) is 0 Å². The van der Waals surface area contributed by atoms with Crippen molar-refractivity contribution in [3.05, 3.63) is 33.9 Å². The summed E-state index contributed by atoms with van der Waals surface area (Å²) in [7, 11) is 1.37. The first-order chi connectivity index (χ1) is 11.6. The number of benzene rings is 1. The van der Waals surface area contributed by atoms with Crippen LogP contribution in [0.25, 0.3) is 0 Å². The van der Waals surface area contributed by atoms with E-state index in [1.165, 1.54) is 25.3 Å². The lowest BCUT2D eigenvalue weighted by Gasteiger charge is -2.37. The molecule has 0 aromatic heterocycles. The third-order valence-corrected chi connectivity index (χ3v) is 4.78. The molecule has 1 atom stereocenters. The van der Waals surface area contributed by atoms with Gasteiger partial charge in [0.25, 0.3) is 5.91 Å². The summed E-state index contributed by atoms with van der Waals surface area (Å²) in [6.45, 7) is 5.16. The number of nitro groups is 1. The van der Waals surface area contributed by atoms with Crippen LogP contribution in [-0.2, 0) is 0 Å². The minimum absolute atomic E-state index is 0.104. The molecular formula is C16H22N4O4. The fourth-order valence-electron chi connectivity index (χ4n) is 3.39. The van der Waals surface area contributed by atoms with Crippen LogP contribution < -0.4 is 10.1 Å². The van der Waals surface area contributed by atoms with Crippen LogP contribution in [0.4, 0.5) is 5.69 Å². The minimum atomic E-state index is -0.512. The van der Waals surface area contributed by atoms with Crippen molar-refractivity contribution in [2.45, 2.75) is 12.5 Å². The molecular weight excluding hydrogens is 312 g/mol. The molecule has 1 amide bonds. The van der Waals surface area contributed by atoms with Gasteiger partial charge in [-0.25, -0.2) is 0 Å². The van der Waals surface area contributed by atoms with Gasteiger partial charge < -0.3 is 15.0 Å². The van der Waals surface area contributed by atoms with Crippen LogP contribution >= 0.6 is 0 Å². The Morgan fingerprint density at radius 1 is 1.33 bits per heavy atom. The summed E-state index contributed by atoms with van der Waals surface area (Å²) in [5, 5.41) is 14.3. The van der Waals surface area contributed by atoms with Crippen LogP contribution in [0.1, 0.15) is 16.8 Å². The fourth-order valence-corrected chi connectivity index (χ4v) is 3.39. The zero-order valence-corrected chi connectivity index (χ0v) is 13.7. The van der Waals surface area contributed by atoms with Gasteiger partial charge in [-0.15, -0.1) is 0 Å². The molecule has 0 bridgehead atoms. The maximum Gasteiger partial charge on any atom is 0.310 e. The van der Waals surface area contributed by atoms with Crippen molar-refractivity contribution >= 4 is 11.6 Å². The number of hydrogen-bond donors (Lipinski definition) is 1. The molecule has 1 aromatic carbocycles. The Labute approximate surface area is 140 Å². The molecule has 24 heavy (non-hydrogen) atoms. The number of ether oxygens (including phenoxy) is 1. The van der Waals surface area contributed by atoms with E-state index in [1.54, 1.807) is 4.90 Å². The third kappa shape index (κ3) is 3.34. The number of carbonyl (C=O) groups excluding carboxylic acids is 1. The molecule has 0 saturated carbocycles. The van der Waals surface area contributed by atoms with E-state index in [9.17, 15) is 14.9 Å². The maximum absolute atomic E-state index is 12.6. The Morgan fingerprint density at radius 2 is 2.08 bits per heavy atom. The highest BCUT2D eigenvalue weighted by molar-refractivity contribution is 5.95. The van der Waals surface area contributed by atoms with Gasteiger partial charge >= 0.3 is 5.69 Å². The van der Waals surface area contributed by atoms with Crippen molar-refractivity contribution < 1.29 is 14.5 Å². The normalized spacial score (nSPS) is 21.7. The predicted octanol–water partition coefficient (Wildman–Crippen LogP) is 0.723. The standard InChI is InChI=1S/C16H22N4O4/c1-24-15-10-12(2-3-14(15)20(22)23)16(21)19-8-6-18(7-9-19)13-4-5-17-11-13/h2-3,10,13,17H,4-9,11H2,1H3. The summed E-state index contributed by atoms with van der Waals surface area (Å²) in [6.07, 6.45) is 1.16. The molecule has 0 aliphatic carbocycles. The molecule has 0 spiro atoms. The quantitative estimate of drug-likeness (QED) is 0.645. The second-order valence-corrected chi connectivity index (χ2v) is 6.12. The van der Waals surface area contributed by atoms with Crippen LogP contribution in [-0.4, -0.2) is 73.1 Å². The van der Waals surface area contributed by atoms with Crippen LogP contribution in [0, 0.1) is 10.1 Å². The number of amides is 1. The maximum atomic E-state index is 12.6. The van der Waals surface area contributed by atoms with E-state index in [0.717, 1.165) is 32.6 Å². The van der Waals surface area contributed by atoms with Gasteiger partial charge in [0, 0.05) is 56.5 Å². The van der Waals surface area contributed by atoms with E-state index in [4.69, 9.17) is 4.74 Å². The van der Waals surface area contributed by atoms with Gasteiger partial charge in [-0.05, 0) is 19.0 Å². The summed E-state index contributed by atoms with van der Waals surface area (Å²) in [5.41, 5.74) is 0.293. The van der Waals surface area contributed by atoms with Crippen molar-refractivity contribution in [2.75, 3.05) is 46.4 Å². The molecule has 1 N–H and O–H groups in total. The second-order valence-electron chi connectivity index (χ2n) is 6.12. The van der Waals surface area contributed by atoms with Crippen LogP contribution in [0.15, 0.2) is 18.2 Å². The molecule has 3 rings (SSSR count). The van der Waals surface area contributed by atoms with Crippen LogP contribution in [0.5, 0.6) is 5.75 Å². The van der Waals surface area contributed by atoms with Gasteiger partial charge in [-0.2, -0.15) is 0 Å². The summed E-state index contributed by atoms with van der Waals surface area (Å²) in [6, 6.07) is 4.85. The van der Waals surface area contributed by atoms with Gasteiger partial charge in [-0.3, -0.25) is 19.8 Å². The number of nitrogens with zero attached hydrogens (tertiary/aromatic N) is 3. The Bertz CT molecular complexity index is 623. The summed E-state index contributed by atoms with van der Waals surface area (Å²) in [4.78, 5) is 27.3. The van der Waals surface area contributed by atoms with E-state index < -0.39 is 4.92 Å². The number of piperazine rings is 1. The molecule has 2 saturated heterocycles. The first-order valence-electron chi connectivity index (χ1n) is 8.16. The number of carbonyl (C=O) groups is 1. The molecule has 8 heteroatoms. The number of nitrogens with one attached hydrogen (secondary N) is 1. The highest BCUT2D eigenvalue weighted by Crippen LogP contribution is 2.28. The van der Waals surface area contributed by atoms with Gasteiger partial charge in [0.05, 0.1) is 12.0 Å². The van der Waals surface area contributed by atoms with Crippen LogP contribution in [0.2, 0.25) is 0 Å². The Morgan fingerprint density at radius 3 is 2.67 bits per heavy atom. The van der Waals surface area contributed by atoms with E-state index in [2.05, 4.69) is 10.2 Å². The SMILES string of the molecule is COc1cc(C(=O)N2CCN(C3CCNC3)CC2)ccc1[N+](=O)[O-]. The number of hydrogen-bond acceptors (Lipinski definition) is 6. The van der Waals surface area contributed by atoms with Gasteiger partial charge in [0.2, 0.25) is 0 Å². The van der Waals surface area contributed by atoms with Crippen molar-refractivity contribution in [1.82, 2.24) is 15.1 Å². The van der Waals surface area contributed by atoms with Crippen molar-refractivity contribution in [3.63, 3.8) is 0 Å². The smallest absolute Gasteiger partial charge is 0.310 e. The number of rotatable bonds is 4. The molecule has 1 unspecified atom stereocenters. The Kier molecular flexibility index (Phi) is 4.96. The first-order valence-corrected chi connectivity index (χ1v) is 8.16. The van der Waals surface area contributed by atoms with Crippen molar-refractivity contribution in [2.24, 2.45) is 0 Å². The molecule has 2 aliphatic rings. The minimum Gasteiger partial charge on any atom is -0.490 e. The van der Waals surface area contributed by atoms with Gasteiger partial charge in [0.1, 0.15) is 0 Å². The molecule has 2 fully saturated rings. The number of nitro benzene ring substituents is 1. The lowest BCUT2D eigenvalue weighted by molar-refractivity contribution is -0.385. The van der Waals surface area contributed by atoms with Gasteiger partial charge in [0.15, 0.2) is 5.75 Å². The zero-order valence-electron chi connectivity index (χ0n) is 13.7. The molecule has 130 valence electrons. The molecule has 0 radical (unpaired) electrons. The molecule has 8 nitrogen and oxygen atoms in total. The molecule has 2 aliphatic heterocycles. The average molecular weight is 334 g/mol. The first kappa shape index (κ1) is 16.7. The van der Waals surface area contributed by atoms with Crippen molar-refractivity contribution in [3.8, 4) is 5.75 Å². The monoisotopic (exact) mass is 334 g/mol. The topological polar surface area (TPSA) is 88.0 Å². The van der Waals surface area contributed by atoms with Gasteiger partial charge in [-0.1, -0.05) is 0 Å². The third-order valence-electron chi connectivity index (χ3n) is 4.78. The van der Waals surface area contributed by atoms with E-state index in [1.807, 2.05) is 0 Å². The molecule has 2 heterocycles. The lowest BCUT2D eigenvalue weighted by Crippen LogP contribution is -2.52. The number of methoxy groups -OCH3 is 1. The van der Waals surface area contributed by atoms with Crippen molar-refractivity contribution in [1.29, 1.82) is 0 Å².